The molecular weight excluding hydrogens is 1010 g/mol. The molecule has 1 aromatic carbocycles. The van der Waals surface area contributed by atoms with E-state index < -0.39 is 120 Å². The van der Waals surface area contributed by atoms with Crippen molar-refractivity contribution in [1.29, 1.82) is 0 Å². The first-order valence-electron chi connectivity index (χ1n) is 24.0. The Balaban J connectivity index is 2.54. The third-order valence-electron chi connectivity index (χ3n) is 11.5. The van der Waals surface area contributed by atoms with Crippen molar-refractivity contribution in [2.45, 2.75) is 142 Å². The highest BCUT2D eigenvalue weighted by Crippen LogP contribution is 2.22. The first-order valence-corrected chi connectivity index (χ1v) is 24.8. The standard InChI is InChI=1S/C47H74BrN15O10/c1-8-26(6)39(44(71)60-32(40(51)67)15-16-36(50)65)63(45(72)31(49)19-28-11-13-29(48)14-12-28)46(73)38(25(4)5)62-43(70)34(18-24(2)3)61-42(69)35(20-30-21-54-23-57-30)59-37(66)22-56-41(68)33(58-27(7)64)10-9-17-55-47(52)53/h11-14,21,23-26,31-35,38-39H,8-10,15-20,22,49H2,1-7H3,(H2,50,65)(H2,51,67)(H,54,57)(H,56,68)(H,58,64)(H,59,66)(H,60,71)(H,61,69)(H,62,70)(H4,52,53,55)/t26-,31-,32-,33-,34-,35-,38-,39-/m0/s1. The van der Waals surface area contributed by atoms with Crippen molar-refractivity contribution in [1.82, 2.24) is 46.8 Å². The van der Waals surface area contributed by atoms with Crippen molar-refractivity contribution >= 4 is 81.0 Å². The largest absolute Gasteiger partial charge is 0.370 e. The van der Waals surface area contributed by atoms with Gasteiger partial charge in [-0.3, -0.25) is 57.8 Å². The summed E-state index contributed by atoms with van der Waals surface area (Å²) in [5, 5.41) is 15.4. The number of halogens is 1. The maximum absolute atomic E-state index is 15.1. The van der Waals surface area contributed by atoms with Gasteiger partial charge in [0.2, 0.25) is 53.2 Å². The average molecular weight is 1090 g/mol. The van der Waals surface area contributed by atoms with Gasteiger partial charge in [-0.25, -0.2) is 4.98 Å². The molecule has 10 amide bonds. The molecule has 0 radical (unpaired) electrons. The number of imide groups is 1. The zero-order valence-corrected chi connectivity index (χ0v) is 44.1. The van der Waals surface area contributed by atoms with E-state index in [1.165, 1.54) is 19.4 Å². The molecule has 2 aromatic rings. The van der Waals surface area contributed by atoms with E-state index >= 15 is 4.79 Å². The number of aliphatic imine (C=N–C) groups is 1. The van der Waals surface area contributed by atoms with Gasteiger partial charge in [-0.05, 0) is 67.6 Å². The maximum atomic E-state index is 15.1. The molecule has 17 N–H and O–H groups in total. The molecule has 0 aliphatic heterocycles. The number of H-pyrrole nitrogens is 1. The number of benzene rings is 1. The molecule has 26 heteroatoms. The fourth-order valence-electron chi connectivity index (χ4n) is 7.48. The van der Waals surface area contributed by atoms with E-state index in [-0.39, 0.29) is 63.4 Å². The molecule has 25 nitrogen and oxygen atoms in total. The number of aromatic nitrogens is 2. The predicted octanol–water partition coefficient (Wildman–Crippen LogP) is -1.88. The molecule has 0 saturated carbocycles. The van der Waals surface area contributed by atoms with Crippen molar-refractivity contribution in [3.63, 3.8) is 0 Å². The van der Waals surface area contributed by atoms with Crippen LogP contribution in [0.25, 0.3) is 0 Å². The SMILES string of the molecule is CC[C@H](C)[C@@H](C(=O)N[C@@H](CCC(N)=O)C(N)=O)N(C(=O)[C@@H](NC(=O)[C@H](CC(C)C)NC(=O)[C@H](Cc1cnc[nH]1)NC(=O)CNC(=O)[C@H](CCCN=C(N)N)NC(C)=O)C(C)C)C(=O)[C@@H](N)Cc1ccc(Br)cc1. The van der Waals surface area contributed by atoms with Crippen molar-refractivity contribution < 1.29 is 47.9 Å². The number of carbonyl (C=O) groups is 10. The molecule has 0 fully saturated rings. The Labute approximate surface area is 433 Å². The van der Waals surface area contributed by atoms with Crippen LogP contribution in [0.15, 0.2) is 46.3 Å². The lowest BCUT2D eigenvalue weighted by Gasteiger charge is -2.38. The van der Waals surface area contributed by atoms with Crippen LogP contribution in [-0.2, 0) is 60.8 Å². The summed E-state index contributed by atoms with van der Waals surface area (Å²) in [6, 6.07) is -2.81. The van der Waals surface area contributed by atoms with Crippen molar-refractivity contribution in [2.75, 3.05) is 13.1 Å². The molecule has 404 valence electrons. The molecular formula is C47H74BrN15O10. The number of guanidine groups is 1. The molecule has 0 saturated heterocycles. The zero-order valence-electron chi connectivity index (χ0n) is 42.5. The molecule has 0 spiro atoms. The van der Waals surface area contributed by atoms with Crippen LogP contribution < -0.4 is 60.6 Å². The van der Waals surface area contributed by atoms with Crippen LogP contribution in [0.5, 0.6) is 0 Å². The van der Waals surface area contributed by atoms with Gasteiger partial charge in [0, 0.05) is 42.7 Å². The Hall–Kier alpha value is -6.96. The number of aromatic amines is 1. The molecule has 0 aliphatic rings. The molecule has 0 unspecified atom stereocenters. The van der Waals surface area contributed by atoms with E-state index in [0.717, 1.165) is 4.47 Å². The third kappa shape index (κ3) is 21.7. The van der Waals surface area contributed by atoms with Gasteiger partial charge in [-0.1, -0.05) is 76.0 Å². The van der Waals surface area contributed by atoms with Crippen molar-refractivity contribution in [3.05, 3.63) is 52.5 Å². The highest BCUT2D eigenvalue weighted by atomic mass is 79.9. The lowest BCUT2D eigenvalue weighted by molar-refractivity contribution is -0.157. The van der Waals surface area contributed by atoms with Gasteiger partial charge in [-0.2, -0.15) is 0 Å². The number of carbonyl (C=O) groups excluding carboxylic acids is 10. The second-order valence-electron chi connectivity index (χ2n) is 18.5. The number of imidazole rings is 1. The molecule has 0 aliphatic carbocycles. The average Bonchev–Trinajstić information content (AvgIpc) is 3.83. The summed E-state index contributed by atoms with van der Waals surface area (Å²) in [5.41, 5.74) is 29.2. The number of nitrogens with two attached hydrogens (primary N) is 5. The summed E-state index contributed by atoms with van der Waals surface area (Å²) in [5.74, 6) is -10.3. The Morgan fingerprint density at radius 2 is 1.38 bits per heavy atom. The van der Waals surface area contributed by atoms with Crippen LogP contribution in [0.1, 0.15) is 98.2 Å². The van der Waals surface area contributed by atoms with Crippen LogP contribution in [0.3, 0.4) is 0 Å². The first kappa shape index (κ1) is 62.2. The van der Waals surface area contributed by atoms with Gasteiger partial charge in [0.05, 0.1) is 18.9 Å². The van der Waals surface area contributed by atoms with Crippen molar-refractivity contribution in [2.24, 2.45) is 51.4 Å². The summed E-state index contributed by atoms with van der Waals surface area (Å²) in [6.45, 7) is 10.9. The molecule has 73 heavy (non-hydrogen) atoms. The van der Waals surface area contributed by atoms with E-state index in [9.17, 15) is 43.2 Å². The smallest absolute Gasteiger partial charge is 0.252 e. The van der Waals surface area contributed by atoms with Crippen LogP contribution in [0, 0.1) is 17.8 Å². The fraction of sp³-hybridized carbons (Fsp3) is 0.574. The summed E-state index contributed by atoms with van der Waals surface area (Å²) >= 11 is 3.37. The number of hydrogen-bond acceptors (Lipinski definition) is 13. The predicted molar refractivity (Wildman–Crippen MR) is 273 cm³/mol. The number of nitrogens with one attached hydrogen (secondary N) is 7. The van der Waals surface area contributed by atoms with Gasteiger partial charge in [0.25, 0.3) is 5.91 Å². The quantitative estimate of drug-likeness (QED) is 0.0224. The summed E-state index contributed by atoms with van der Waals surface area (Å²) in [4.78, 5) is 147. The lowest BCUT2D eigenvalue weighted by atomic mass is 9.92. The second-order valence-corrected chi connectivity index (χ2v) is 19.4. The zero-order chi connectivity index (χ0) is 55.1. The van der Waals surface area contributed by atoms with E-state index in [2.05, 4.69) is 62.8 Å². The minimum Gasteiger partial charge on any atom is -0.370 e. The number of hydrogen-bond donors (Lipinski definition) is 12. The molecule has 1 aromatic heterocycles. The minimum absolute atomic E-state index is 0.0174. The van der Waals surface area contributed by atoms with E-state index in [4.69, 9.17) is 28.7 Å². The Morgan fingerprint density at radius 3 is 1.92 bits per heavy atom. The Morgan fingerprint density at radius 1 is 0.753 bits per heavy atom. The van der Waals surface area contributed by atoms with Crippen LogP contribution in [-0.4, -0.2) is 135 Å². The van der Waals surface area contributed by atoms with E-state index in [1.54, 1.807) is 65.8 Å². The second kappa shape index (κ2) is 30.8. The normalized spacial score (nSPS) is 14.4. The van der Waals surface area contributed by atoms with E-state index in [0.29, 0.717) is 22.6 Å². The number of rotatable bonds is 31. The molecule has 1 heterocycles. The number of amides is 10. The van der Waals surface area contributed by atoms with Gasteiger partial charge in [0.1, 0.15) is 36.3 Å². The summed E-state index contributed by atoms with van der Waals surface area (Å²) in [6.07, 6.45) is 2.66. The Bertz CT molecular complexity index is 2240. The van der Waals surface area contributed by atoms with Gasteiger partial charge < -0.3 is 65.6 Å². The highest BCUT2D eigenvalue weighted by Gasteiger charge is 2.44. The number of primary amides is 2. The van der Waals surface area contributed by atoms with Gasteiger partial charge >= 0.3 is 0 Å². The summed E-state index contributed by atoms with van der Waals surface area (Å²) < 4.78 is 0.756. The van der Waals surface area contributed by atoms with Crippen molar-refractivity contribution in [3.8, 4) is 0 Å². The van der Waals surface area contributed by atoms with Crippen LogP contribution in [0.2, 0.25) is 0 Å². The topological polar surface area (TPSA) is 417 Å². The highest BCUT2D eigenvalue weighted by molar-refractivity contribution is 9.10. The first-order chi connectivity index (χ1) is 34.2. The van der Waals surface area contributed by atoms with Crippen LogP contribution in [0.4, 0.5) is 0 Å². The van der Waals surface area contributed by atoms with Gasteiger partial charge in [0.15, 0.2) is 5.96 Å². The van der Waals surface area contributed by atoms with E-state index in [1.807, 2.05) is 0 Å². The summed E-state index contributed by atoms with van der Waals surface area (Å²) in [7, 11) is 0. The lowest BCUT2D eigenvalue weighted by Crippen LogP contribution is -2.65. The molecule has 2 rings (SSSR count). The monoisotopic (exact) mass is 1090 g/mol. The Kier molecular flexibility index (Phi) is 26.2. The molecule has 0 bridgehead atoms. The fourth-order valence-corrected chi connectivity index (χ4v) is 7.74. The van der Waals surface area contributed by atoms with Gasteiger partial charge in [-0.15, -0.1) is 0 Å². The third-order valence-corrected chi connectivity index (χ3v) is 12.0. The molecule has 8 atom stereocenters. The minimum atomic E-state index is -1.62. The maximum Gasteiger partial charge on any atom is 0.252 e. The number of nitrogens with zero attached hydrogens (tertiary/aromatic N) is 3. The van der Waals surface area contributed by atoms with Crippen LogP contribution >= 0.6 is 15.9 Å².